The summed E-state index contributed by atoms with van der Waals surface area (Å²) in [5.74, 6) is -1.07. The Bertz CT molecular complexity index is 520. The van der Waals surface area contributed by atoms with Crippen molar-refractivity contribution < 1.29 is 19.1 Å². The number of benzene rings is 1. The molecule has 0 radical (unpaired) electrons. The van der Waals surface area contributed by atoms with Crippen molar-refractivity contribution >= 4 is 29.4 Å². The molecule has 0 aliphatic rings. The summed E-state index contributed by atoms with van der Waals surface area (Å²) >= 11 is 0. The van der Waals surface area contributed by atoms with Gasteiger partial charge in [-0.3, -0.25) is 14.4 Å². The van der Waals surface area contributed by atoms with Gasteiger partial charge in [0.05, 0.1) is 7.11 Å². The highest BCUT2D eigenvalue weighted by atomic mass is 16.5. The van der Waals surface area contributed by atoms with E-state index in [1.54, 1.807) is 30.3 Å². The van der Waals surface area contributed by atoms with Crippen LogP contribution in [0.3, 0.4) is 0 Å². The minimum absolute atomic E-state index is 0.164. The molecule has 0 unspecified atom stereocenters. The number of amides is 1. The van der Waals surface area contributed by atoms with Gasteiger partial charge >= 0.3 is 5.97 Å². The lowest BCUT2D eigenvalue weighted by Gasteiger charge is -2.02. The summed E-state index contributed by atoms with van der Waals surface area (Å²) in [7, 11) is 1.23. The van der Waals surface area contributed by atoms with Crippen LogP contribution in [0.25, 0.3) is 6.08 Å². The van der Waals surface area contributed by atoms with Gasteiger partial charge in [-0.05, 0) is 23.8 Å². The Morgan fingerprint density at radius 1 is 1.32 bits per heavy atom. The van der Waals surface area contributed by atoms with Crippen molar-refractivity contribution in [3.63, 3.8) is 0 Å². The highest BCUT2D eigenvalue weighted by molar-refractivity contribution is 6.04. The first-order chi connectivity index (χ1) is 9.01. The van der Waals surface area contributed by atoms with E-state index in [9.17, 15) is 14.4 Å². The number of ketones is 1. The summed E-state index contributed by atoms with van der Waals surface area (Å²) < 4.78 is 4.39. The molecule has 1 rings (SSSR count). The fourth-order valence-electron chi connectivity index (χ4n) is 1.39. The smallest absolute Gasteiger partial charge is 0.313 e. The number of allylic oxidation sites excluding steroid dienone is 1. The second-order valence-electron chi connectivity index (χ2n) is 3.86. The van der Waals surface area contributed by atoms with Gasteiger partial charge in [-0.1, -0.05) is 18.2 Å². The van der Waals surface area contributed by atoms with E-state index in [4.69, 9.17) is 0 Å². The third-order valence-corrected chi connectivity index (χ3v) is 2.21. The lowest BCUT2D eigenvalue weighted by atomic mass is 10.1. The monoisotopic (exact) mass is 261 g/mol. The quantitative estimate of drug-likeness (QED) is 0.498. The number of methoxy groups -OCH3 is 1. The first kappa shape index (κ1) is 14.6. The van der Waals surface area contributed by atoms with Gasteiger partial charge in [-0.2, -0.15) is 0 Å². The molecule has 1 aromatic rings. The Balaban J connectivity index is 2.68. The van der Waals surface area contributed by atoms with Crippen molar-refractivity contribution in [2.24, 2.45) is 0 Å². The van der Waals surface area contributed by atoms with Gasteiger partial charge in [-0.25, -0.2) is 0 Å². The van der Waals surface area contributed by atoms with Gasteiger partial charge in [0, 0.05) is 12.6 Å². The number of carbonyl (C=O) groups is 3. The third-order valence-electron chi connectivity index (χ3n) is 2.21. The second kappa shape index (κ2) is 7.10. The second-order valence-corrected chi connectivity index (χ2v) is 3.86. The summed E-state index contributed by atoms with van der Waals surface area (Å²) in [6, 6.07) is 7.02. The third kappa shape index (κ3) is 5.63. The zero-order chi connectivity index (χ0) is 14.3. The van der Waals surface area contributed by atoms with E-state index in [-0.39, 0.29) is 18.1 Å². The normalized spacial score (nSPS) is 10.2. The van der Waals surface area contributed by atoms with Crippen molar-refractivity contribution in [2.75, 3.05) is 12.4 Å². The molecule has 0 heterocycles. The fraction of sp³-hybridized carbons (Fsp3) is 0.214. The van der Waals surface area contributed by atoms with Gasteiger partial charge in [-0.15, -0.1) is 0 Å². The predicted octanol–water partition coefficient (Wildman–Crippen LogP) is 1.79. The lowest BCUT2D eigenvalue weighted by molar-refractivity contribution is -0.142. The van der Waals surface area contributed by atoms with E-state index in [0.717, 1.165) is 5.56 Å². The van der Waals surface area contributed by atoms with Crippen molar-refractivity contribution in [3.05, 3.63) is 35.9 Å². The minimum atomic E-state index is -0.568. The summed E-state index contributed by atoms with van der Waals surface area (Å²) in [6.45, 7) is 1.42. The van der Waals surface area contributed by atoms with Crippen LogP contribution in [-0.2, 0) is 19.1 Å². The van der Waals surface area contributed by atoms with Crippen molar-refractivity contribution in [2.45, 2.75) is 13.3 Å². The maximum atomic E-state index is 11.4. The van der Waals surface area contributed by atoms with Gasteiger partial charge in [0.2, 0.25) is 5.91 Å². The number of carbonyl (C=O) groups excluding carboxylic acids is 3. The lowest BCUT2D eigenvalue weighted by Crippen LogP contribution is -2.06. The van der Waals surface area contributed by atoms with Crippen LogP contribution in [0.1, 0.15) is 18.9 Å². The largest absolute Gasteiger partial charge is 0.469 e. The molecule has 1 amide bonds. The Morgan fingerprint density at radius 3 is 2.68 bits per heavy atom. The SMILES string of the molecule is COC(=O)CC(=O)C=Cc1cccc(NC(C)=O)c1. The number of esters is 1. The molecule has 5 heteroatoms. The Labute approximate surface area is 111 Å². The number of hydrogen-bond donors (Lipinski definition) is 1. The van der Waals surface area contributed by atoms with Crippen molar-refractivity contribution in [3.8, 4) is 0 Å². The molecule has 0 aromatic heterocycles. The first-order valence-corrected chi connectivity index (χ1v) is 5.66. The average molecular weight is 261 g/mol. The fourth-order valence-corrected chi connectivity index (χ4v) is 1.39. The molecule has 100 valence electrons. The Hall–Kier alpha value is -2.43. The predicted molar refractivity (Wildman–Crippen MR) is 71.4 cm³/mol. The molecule has 0 bridgehead atoms. The molecule has 1 N–H and O–H groups in total. The van der Waals surface area contributed by atoms with E-state index in [1.165, 1.54) is 20.1 Å². The molecule has 0 spiro atoms. The highest BCUT2D eigenvalue weighted by Gasteiger charge is 2.05. The van der Waals surface area contributed by atoms with E-state index in [1.807, 2.05) is 0 Å². The molecule has 1 aromatic carbocycles. The molecule has 0 aliphatic heterocycles. The van der Waals surface area contributed by atoms with Gasteiger partial charge in [0.1, 0.15) is 6.42 Å². The minimum Gasteiger partial charge on any atom is -0.469 e. The van der Waals surface area contributed by atoms with E-state index in [2.05, 4.69) is 10.1 Å². The molecule has 0 atom stereocenters. The molecule has 0 saturated carbocycles. The molecule has 0 aliphatic carbocycles. The van der Waals surface area contributed by atoms with Crippen molar-refractivity contribution in [1.29, 1.82) is 0 Å². The van der Waals surface area contributed by atoms with Crippen molar-refractivity contribution in [1.82, 2.24) is 0 Å². The molecular weight excluding hydrogens is 246 g/mol. The van der Waals surface area contributed by atoms with Crippen LogP contribution in [0, 0.1) is 0 Å². The molecule has 0 fully saturated rings. The number of rotatable bonds is 5. The Kier molecular flexibility index (Phi) is 5.47. The number of nitrogens with one attached hydrogen (secondary N) is 1. The molecule has 0 saturated heterocycles. The van der Waals surface area contributed by atoms with Gasteiger partial charge in [0.15, 0.2) is 5.78 Å². The zero-order valence-electron chi connectivity index (χ0n) is 10.8. The zero-order valence-corrected chi connectivity index (χ0v) is 10.8. The maximum Gasteiger partial charge on any atom is 0.313 e. The van der Waals surface area contributed by atoms with Crippen LogP contribution < -0.4 is 5.32 Å². The molecule has 5 nitrogen and oxygen atoms in total. The standard InChI is InChI=1S/C14H15NO4/c1-10(16)15-12-5-3-4-11(8-12)6-7-13(17)9-14(18)19-2/h3-8H,9H2,1-2H3,(H,15,16). The number of anilines is 1. The summed E-state index contributed by atoms with van der Waals surface area (Å²) in [4.78, 5) is 33.2. The summed E-state index contributed by atoms with van der Waals surface area (Å²) in [5.41, 5.74) is 1.40. The topological polar surface area (TPSA) is 72.5 Å². The average Bonchev–Trinajstić information content (AvgIpc) is 2.36. The summed E-state index contributed by atoms with van der Waals surface area (Å²) in [6.07, 6.45) is 2.61. The molecule has 19 heavy (non-hydrogen) atoms. The van der Waals surface area contributed by atoms with Crippen LogP contribution >= 0.6 is 0 Å². The van der Waals surface area contributed by atoms with E-state index >= 15 is 0 Å². The number of ether oxygens (including phenoxy) is 1. The van der Waals surface area contributed by atoms with E-state index < -0.39 is 5.97 Å². The first-order valence-electron chi connectivity index (χ1n) is 5.66. The Morgan fingerprint density at radius 2 is 2.05 bits per heavy atom. The summed E-state index contributed by atoms with van der Waals surface area (Å²) in [5, 5.41) is 2.64. The number of hydrogen-bond acceptors (Lipinski definition) is 4. The van der Waals surface area contributed by atoms with Crippen LogP contribution in [-0.4, -0.2) is 24.8 Å². The van der Waals surface area contributed by atoms with Crippen LogP contribution in [0.4, 0.5) is 5.69 Å². The maximum absolute atomic E-state index is 11.4. The van der Waals surface area contributed by atoms with Crippen LogP contribution in [0.2, 0.25) is 0 Å². The van der Waals surface area contributed by atoms with Crippen LogP contribution in [0.15, 0.2) is 30.3 Å². The van der Waals surface area contributed by atoms with Gasteiger partial charge in [0.25, 0.3) is 0 Å². The van der Waals surface area contributed by atoms with Crippen LogP contribution in [0.5, 0.6) is 0 Å². The van der Waals surface area contributed by atoms with Gasteiger partial charge < -0.3 is 10.1 Å². The van der Waals surface area contributed by atoms with E-state index in [0.29, 0.717) is 5.69 Å². The molecular formula is C14H15NO4. The highest BCUT2D eigenvalue weighted by Crippen LogP contribution is 2.12.